The molecule has 0 aliphatic carbocycles. The van der Waals surface area contributed by atoms with Crippen LogP contribution in [0, 0.1) is 0 Å². The Bertz CT molecular complexity index is 2900. The molecule has 2 atom stereocenters. The average Bonchev–Trinajstić information content (AvgIpc) is 2.20. The van der Waals surface area contributed by atoms with E-state index in [1.165, 1.54) is 0 Å². The first-order chi connectivity index (χ1) is 42.2. The van der Waals surface area contributed by atoms with Crippen molar-refractivity contribution in [3.8, 4) is 17.1 Å². The molecule has 27 heteroatoms. The fourth-order valence-corrected chi connectivity index (χ4v) is 10.4. The van der Waals surface area contributed by atoms with Crippen molar-refractivity contribution in [3.05, 3.63) is 69.0 Å². The number of aromatic nitrogens is 2. The van der Waals surface area contributed by atoms with Crippen molar-refractivity contribution < 1.29 is 86.4 Å². The Labute approximate surface area is 505 Å². The Kier molecular flexibility index (Phi) is 27.4. The number of hydrogen-bond donors (Lipinski definition) is 6. The van der Waals surface area contributed by atoms with Crippen molar-refractivity contribution >= 4 is 52.3 Å². The number of imide groups is 1. The second kappa shape index (κ2) is 35.3. The quantitative estimate of drug-likeness (QED) is 0.0201. The Morgan fingerprint density at radius 2 is 1.33 bits per heavy atom. The number of piperidine rings is 1. The van der Waals surface area contributed by atoms with Gasteiger partial charge < -0.3 is 78.7 Å². The number of likely N-dealkylation sites (tertiary alicyclic amines) is 1. The zero-order chi connectivity index (χ0) is 62.0. The lowest BCUT2D eigenvalue weighted by atomic mass is 9.86. The molecule has 6 N–H and O–H groups in total. The summed E-state index contributed by atoms with van der Waals surface area (Å²) < 4.78 is 50.0. The van der Waals surface area contributed by atoms with Crippen LogP contribution in [0.4, 0.5) is 0 Å². The highest BCUT2D eigenvalue weighted by atomic mass is 16.6. The molecule has 1 saturated heterocycles. The fraction of sp³-hybridized carbons (Fsp3) is 0.617. The number of cyclic esters (lactones) is 1. The molecule has 0 spiro atoms. The molecule has 27 nitrogen and oxygen atoms in total. The number of nitrogens with zero attached hydrogens (tertiary/aromatic N) is 4. The third-order valence-corrected chi connectivity index (χ3v) is 15.2. The number of rotatable bonds is 41. The molecule has 3 aromatic rings. The molecule has 0 radical (unpaired) electrons. The van der Waals surface area contributed by atoms with E-state index in [1.54, 1.807) is 36.8 Å². The van der Waals surface area contributed by atoms with Crippen molar-refractivity contribution in [2.75, 3.05) is 139 Å². The van der Waals surface area contributed by atoms with Crippen LogP contribution in [0.3, 0.4) is 0 Å². The van der Waals surface area contributed by atoms with E-state index < -0.39 is 41.2 Å². The second-order valence-electron chi connectivity index (χ2n) is 21.3. The Hall–Kier alpha value is -6.79. The number of benzene rings is 1. The van der Waals surface area contributed by atoms with Gasteiger partial charge in [-0.1, -0.05) is 6.92 Å². The number of ether oxygens (including phenoxy) is 9. The van der Waals surface area contributed by atoms with E-state index in [4.69, 9.17) is 47.6 Å². The van der Waals surface area contributed by atoms with Crippen molar-refractivity contribution in [2.45, 2.75) is 102 Å². The van der Waals surface area contributed by atoms with Crippen LogP contribution in [0.2, 0.25) is 0 Å². The predicted octanol–water partition coefficient (Wildman–Crippen LogP) is 0.611. The topological polar surface area (TPSA) is 333 Å². The molecule has 4 aliphatic rings. The number of methoxy groups -OCH3 is 1. The number of esters is 1. The van der Waals surface area contributed by atoms with Crippen molar-refractivity contribution in [1.29, 1.82) is 0 Å². The SMILES string of the molecule is CC[C@@]1(O)C(=O)OCc2c1cc1n(c2=O)Cc2cc3c(CN4CCC(NC(=O)CCCNC(=O)[C@H](CCC(=O)NCCOCCOCCOCCOCCOCCOCCOCCOC)NC(=O)CCCN5C(=O)C=CC5=O)CC4)c(O)ccc3nc2-1. The van der Waals surface area contributed by atoms with Crippen LogP contribution in [-0.2, 0) is 101 Å². The van der Waals surface area contributed by atoms with Crippen LogP contribution in [0.15, 0.2) is 41.2 Å². The van der Waals surface area contributed by atoms with Crippen LogP contribution in [-0.4, -0.2) is 222 Å². The number of amides is 6. The minimum absolute atomic E-state index is 0.0253. The van der Waals surface area contributed by atoms with E-state index in [9.17, 15) is 48.6 Å². The number of carbonyl (C=O) groups excluding carboxylic acids is 7. The Morgan fingerprint density at radius 3 is 1.94 bits per heavy atom. The van der Waals surface area contributed by atoms with Gasteiger partial charge in [0.2, 0.25) is 23.6 Å². The summed E-state index contributed by atoms with van der Waals surface area (Å²) in [6, 6.07) is 5.73. The normalized spacial score (nSPS) is 16.9. The van der Waals surface area contributed by atoms with E-state index >= 15 is 0 Å². The number of aliphatic hydroxyl groups is 1. The fourth-order valence-electron chi connectivity index (χ4n) is 10.4. The van der Waals surface area contributed by atoms with E-state index in [2.05, 4.69) is 26.2 Å². The Morgan fingerprint density at radius 1 is 0.736 bits per heavy atom. The molecule has 0 unspecified atom stereocenters. The molecule has 478 valence electrons. The van der Waals surface area contributed by atoms with Gasteiger partial charge in [-0.2, -0.15) is 0 Å². The summed E-state index contributed by atoms with van der Waals surface area (Å²) >= 11 is 0. The predicted molar refractivity (Wildman–Crippen MR) is 312 cm³/mol. The van der Waals surface area contributed by atoms with Crippen LogP contribution in [0.5, 0.6) is 5.75 Å². The second-order valence-corrected chi connectivity index (χ2v) is 21.3. The molecule has 87 heavy (non-hydrogen) atoms. The molecular formula is C60H84N8O19. The summed E-state index contributed by atoms with van der Waals surface area (Å²) in [5, 5.41) is 34.4. The number of fused-ring (bicyclic) bond motifs is 5. The van der Waals surface area contributed by atoms with Crippen LogP contribution in [0.1, 0.15) is 87.0 Å². The minimum Gasteiger partial charge on any atom is -0.508 e. The van der Waals surface area contributed by atoms with Crippen LogP contribution in [0.25, 0.3) is 22.3 Å². The largest absolute Gasteiger partial charge is 0.508 e. The number of nitrogens with one attached hydrogen (secondary N) is 4. The van der Waals surface area contributed by atoms with E-state index in [0.29, 0.717) is 154 Å². The number of hydrogen-bond acceptors (Lipinski definition) is 21. The van der Waals surface area contributed by atoms with Gasteiger partial charge in [-0.15, -0.1) is 0 Å². The van der Waals surface area contributed by atoms with Crippen molar-refractivity contribution in [2.24, 2.45) is 0 Å². The monoisotopic (exact) mass is 1220 g/mol. The first-order valence-corrected chi connectivity index (χ1v) is 29.9. The zero-order valence-corrected chi connectivity index (χ0v) is 49.9. The van der Waals surface area contributed by atoms with Gasteiger partial charge in [0.15, 0.2) is 5.60 Å². The number of phenolic OH excluding ortho intramolecular Hbond substituents is 1. The first-order valence-electron chi connectivity index (χ1n) is 29.9. The van der Waals surface area contributed by atoms with E-state index in [1.807, 2.05) is 6.07 Å². The van der Waals surface area contributed by atoms with Crippen LogP contribution < -0.4 is 26.8 Å². The van der Waals surface area contributed by atoms with Crippen molar-refractivity contribution in [1.82, 2.24) is 40.6 Å². The molecular weight excluding hydrogens is 1140 g/mol. The lowest BCUT2D eigenvalue weighted by Gasteiger charge is -2.32. The summed E-state index contributed by atoms with van der Waals surface area (Å²) in [5.41, 5.74) is 1.27. The molecule has 6 amide bonds. The molecule has 2 aromatic heterocycles. The maximum atomic E-state index is 13.7. The van der Waals surface area contributed by atoms with Gasteiger partial charge in [0.05, 0.1) is 128 Å². The summed E-state index contributed by atoms with van der Waals surface area (Å²) in [6.07, 6.45) is 4.04. The highest BCUT2D eigenvalue weighted by molar-refractivity contribution is 6.12. The smallest absolute Gasteiger partial charge is 0.343 e. The lowest BCUT2D eigenvalue weighted by molar-refractivity contribution is -0.172. The number of phenols is 1. The third-order valence-electron chi connectivity index (χ3n) is 15.2. The van der Waals surface area contributed by atoms with E-state index in [-0.39, 0.29) is 118 Å². The van der Waals surface area contributed by atoms with Gasteiger partial charge in [-0.3, -0.25) is 43.4 Å². The maximum absolute atomic E-state index is 13.7. The average molecular weight is 1220 g/mol. The molecule has 6 heterocycles. The molecule has 4 aliphatic heterocycles. The molecule has 1 aromatic carbocycles. The lowest BCUT2D eigenvalue weighted by Crippen LogP contribution is -2.48. The summed E-state index contributed by atoms with van der Waals surface area (Å²) in [6.45, 7) is 10.0. The molecule has 0 saturated carbocycles. The van der Waals surface area contributed by atoms with Gasteiger partial charge in [0, 0.05) is 106 Å². The van der Waals surface area contributed by atoms with Gasteiger partial charge in [0.25, 0.3) is 17.4 Å². The maximum Gasteiger partial charge on any atom is 0.343 e. The zero-order valence-electron chi connectivity index (χ0n) is 49.9. The molecule has 7 rings (SSSR count). The van der Waals surface area contributed by atoms with Gasteiger partial charge >= 0.3 is 5.97 Å². The number of pyridine rings is 2. The molecule has 1 fully saturated rings. The van der Waals surface area contributed by atoms with Crippen LogP contribution >= 0.6 is 0 Å². The number of carbonyl (C=O) groups is 7. The van der Waals surface area contributed by atoms with E-state index in [0.717, 1.165) is 28.0 Å². The van der Waals surface area contributed by atoms with Crippen molar-refractivity contribution in [3.63, 3.8) is 0 Å². The molecule has 0 bridgehead atoms. The third kappa shape index (κ3) is 20.1. The summed E-state index contributed by atoms with van der Waals surface area (Å²) in [7, 11) is 1.62. The number of aromatic hydroxyl groups is 1. The minimum atomic E-state index is -1.94. The summed E-state index contributed by atoms with van der Waals surface area (Å²) in [4.78, 5) is 111. The summed E-state index contributed by atoms with van der Waals surface area (Å²) in [5.74, 6) is -3.21. The van der Waals surface area contributed by atoms with Gasteiger partial charge in [-0.05, 0) is 62.8 Å². The highest BCUT2D eigenvalue weighted by Gasteiger charge is 2.45. The van der Waals surface area contributed by atoms with Gasteiger partial charge in [-0.25, -0.2) is 9.78 Å². The standard InChI is InChI=1S/C60H84N8O19/c1-3-60(78)46-37-49-56-41(38-68(49)58(76)45(46)40-87-59(60)77)36-43-44(50(69)10-8-47(43)65-56)39-66-19-14-42(15-20-66)63-52(71)6-4-16-62-57(75)48(64-53(72)7-5-18-67-54(73)12-13-55(67)74)9-11-51(70)61-17-21-80-24-25-82-28-29-84-32-33-86-35-34-85-31-30-83-27-26-81-23-22-79-2/h8,10,12-13,36-37,42,48,69,78H,3-7,9,11,14-35,38-40H2,1-2H3,(H,61,70)(H,62,75)(H,63,71)(H,64,72)/t48-,60-/m0/s1. The Balaban J connectivity index is 0.759. The van der Waals surface area contributed by atoms with Gasteiger partial charge in [0.1, 0.15) is 18.4 Å². The first kappa shape index (κ1) is 67.7. The highest BCUT2D eigenvalue weighted by Crippen LogP contribution is 2.40.